The first kappa shape index (κ1) is 93.5. The van der Waals surface area contributed by atoms with E-state index in [0.29, 0.717) is 25.7 Å². The molecule has 0 rings (SSSR count). The molecule has 0 heterocycles. The molecule has 96 heavy (non-hydrogen) atoms. The van der Waals surface area contributed by atoms with E-state index in [0.717, 1.165) is 109 Å². The largest absolute Gasteiger partial charge is 0.472 e. The summed E-state index contributed by atoms with van der Waals surface area (Å²) in [5, 5.41) is 10.6. The number of rotatable bonds is 76. The summed E-state index contributed by atoms with van der Waals surface area (Å²) in [6.45, 7) is 4.94. The molecule has 566 valence electrons. The van der Waals surface area contributed by atoms with E-state index in [1.54, 1.807) is 0 Å². The monoisotopic (exact) mass is 1410 g/mol. The lowest BCUT2D eigenvalue weighted by Gasteiger charge is -2.21. The average molecular weight is 1410 g/mol. The van der Waals surface area contributed by atoms with Gasteiger partial charge in [0, 0.05) is 25.7 Å². The summed E-state index contributed by atoms with van der Waals surface area (Å²) in [6, 6.07) is 0. The number of hydrogen-bond donors (Lipinski definition) is 3. The molecule has 0 saturated carbocycles. The predicted octanol–water partition coefficient (Wildman–Crippen LogP) is 22.6. The Hall–Kier alpha value is -2.46. The number of allylic oxidation sites excluding steroid dienone is 4. The average Bonchev–Trinajstić information content (AvgIpc) is 1.10. The zero-order chi connectivity index (χ0) is 70.4. The van der Waals surface area contributed by atoms with E-state index < -0.39 is 97.5 Å². The number of aliphatic hydroxyl groups is 1. The smallest absolute Gasteiger partial charge is 0.462 e. The van der Waals surface area contributed by atoms with E-state index in [4.69, 9.17) is 37.0 Å². The zero-order valence-electron chi connectivity index (χ0n) is 61.8. The summed E-state index contributed by atoms with van der Waals surface area (Å²) in [7, 11) is -9.92. The van der Waals surface area contributed by atoms with Crippen molar-refractivity contribution in [3.63, 3.8) is 0 Å². The van der Waals surface area contributed by atoms with Crippen LogP contribution in [0.4, 0.5) is 0 Å². The number of esters is 4. The molecule has 0 aliphatic rings. The number of carbonyl (C=O) groups is 4. The first-order valence-corrected chi connectivity index (χ1v) is 42.6. The van der Waals surface area contributed by atoms with Crippen LogP contribution in [0.1, 0.15) is 387 Å². The number of hydrogen-bond acceptors (Lipinski definition) is 15. The number of phosphoric acid groups is 2. The Morgan fingerprint density at radius 1 is 0.292 bits per heavy atom. The van der Waals surface area contributed by atoms with E-state index in [-0.39, 0.29) is 25.7 Å². The molecule has 0 aliphatic carbocycles. The Kier molecular flexibility index (Phi) is 69.1. The number of ether oxygens (including phenoxy) is 4. The van der Waals surface area contributed by atoms with Gasteiger partial charge < -0.3 is 33.8 Å². The molecule has 0 fully saturated rings. The van der Waals surface area contributed by atoms with E-state index in [9.17, 15) is 43.2 Å². The maximum absolute atomic E-state index is 13.1. The predicted molar refractivity (Wildman–Crippen MR) is 391 cm³/mol. The Balaban J connectivity index is 5.29. The molecular weight excluding hydrogens is 1260 g/mol. The van der Waals surface area contributed by atoms with Gasteiger partial charge in [0.05, 0.1) is 26.4 Å². The lowest BCUT2D eigenvalue weighted by Crippen LogP contribution is -2.30. The van der Waals surface area contributed by atoms with Crippen LogP contribution in [0.2, 0.25) is 0 Å². The van der Waals surface area contributed by atoms with Crippen molar-refractivity contribution in [1.82, 2.24) is 0 Å². The van der Waals surface area contributed by atoms with Gasteiger partial charge in [-0.2, -0.15) is 0 Å². The molecule has 19 heteroatoms. The van der Waals surface area contributed by atoms with Crippen molar-refractivity contribution in [3.05, 3.63) is 24.3 Å². The maximum atomic E-state index is 13.1. The minimum Gasteiger partial charge on any atom is -0.462 e. The molecule has 2 unspecified atom stereocenters. The van der Waals surface area contributed by atoms with Crippen molar-refractivity contribution in [2.75, 3.05) is 39.6 Å². The number of aliphatic hydroxyl groups excluding tert-OH is 1. The van der Waals surface area contributed by atoms with Crippen molar-refractivity contribution in [2.45, 2.75) is 406 Å². The molecular formula is C77H146O17P2. The minimum absolute atomic E-state index is 0.102. The van der Waals surface area contributed by atoms with Crippen molar-refractivity contribution in [3.8, 4) is 0 Å². The normalized spacial score (nSPS) is 14.0. The summed E-state index contributed by atoms with van der Waals surface area (Å²) in [6.07, 6.45) is 64.4. The fourth-order valence-electron chi connectivity index (χ4n) is 11.4. The molecule has 0 radical (unpaired) electrons. The van der Waals surface area contributed by atoms with Gasteiger partial charge in [-0.05, 0) is 51.4 Å². The van der Waals surface area contributed by atoms with E-state index >= 15 is 0 Å². The van der Waals surface area contributed by atoms with Crippen molar-refractivity contribution in [1.29, 1.82) is 0 Å². The van der Waals surface area contributed by atoms with Crippen LogP contribution < -0.4 is 0 Å². The highest BCUT2D eigenvalue weighted by Gasteiger charge is 2.30. The van der Waals surface area contributed by atoms with Crippen molar-refractivity contribution in [2.24, 2.45) is 0 Å². The third-order valence-electron chi connectivity index (χ3n) is 17.5. The first-order chi connectivity index (χ1) is 46.7. The van der Waals surface area contributed by atoms with E-state index in [1.165, 1.54) is 199 Å². The van der Waals surface area contributed by atoms with Gasteiger partial charge in [-0.25, -0.2) is 9.13 Å². The molecule has 3 N–H and O–H groups in total. The van der Waals surface area contributed by atoms with Crippen LogP contribution in [0.15, 0.2) is 24.3 Å². The SMILES string of the molecule is CCCCCC/C=C\C=C/CCCCCCCC(=O)OC[C@H](COP(=O)(O)OC[C@@H](O)COP(=O)(O)OC[C@@H](COC(=O)CCCCCCCCCCCCC)OC(=O)CCCCCCCCCCCCCCCC)OC(=O)CCCCCCCCCCCCCCCCCC. The summed E-state index contributed by atoms with van der Waals surface area (Å²) in [4.78, 5) is 72.8. The molecule has 17 nitrogen and oxygen atoms in total. The van der Waals surface area contributed by atoms with Crippen LogP contribution >= 0.6 is 15.6 Å². The maximum Gasteiger partial charge on any atom is 0.472 e. The van der Waals surface area contributed by atoms with E-state index in [1.807, 2.05) is 0 Å². The molecule has 0 spiro atoms. The number of unbranched alkanes of at least 4 members (excludes halogenated alkanes) is 47. The van der Waals surface area contributed by atoms with Gasteiger partial charge in [0.15, 0.2) is 12.2 Å². The molecule has 0 bridgehead atoms. The van der Waals surface area contributed by atoms with Gasteiger partial charge in [0.1, 0.15) is 19.3 Å². The third kappa shape index (κ3) is 70.0. The minimum atomic E-state index is -4.96. The van der Waals surface area contributed by atoms with Gasteiger partial charge in [-0.15, -0.1) is 0 Å². The van der Waals surface area contributed by atoms with Gasteiger partial charge in [-0.1, -0.05) is 335 Å². The lowest BCUT2D eigenvalue weighted by molar-refractivity contribution is -0.161. The van der Waals surface area contributed by atoms with Crippen LogP contribution in [-0.4, -0.2) is 96.7 Å². The summed E-state index contributed by atoms with van der Waals surface area (Å²) in [5.74, 6) is -2.14. The highest BCUT2D eigenvalue weighted by atomic mass is 31.2. The van der Waals surface area contributed by atoms with Crippen LogP contribution in [-0.2, 0) is 65.4 Å². The topological polar surface area (TPSA) is 237 Å². The summed E-state index contributed by atoms with van der Waals surface area (Å²) < 4.78 is 68.5. The second-order valence-corrected chi connectivity index (χ2v) is 30.0. The molecule has 0 aliphatic heterocycles. The fraction of sp³-hybridized carbons (Fsp3) is 0.896. The second kappa shape index (κ2) is 71.0. The number of carbonyl (C=O) groups excluding carboxylic acids is 4. The zero-order valence-corrected chi connectivity index (χ0v) is 63.6. The Labute approximate surface area is 586 Å². The highest BCUT2D eigenvalue weighted by molar-refractivity contribution is 7.47. The highest BCUT2D eigenvalue weighted by Crippen LogP contribution is 2.45. The van der Waals surface area contributed by atoms with Crippen LogP contribution in [0.3, 0.4) is 0 Å². The molecule has 0 aromatic heterocycles. The molecule has 0 aromatic carbocycles. The van der Waals surface area contributed by atoms with Crippen LogP contribution in [0.5, 0.6) is 0 Å². The van der Waals surface area contributed by atoms with Crippen LogP contribution in [0, 0.1) is 0 Å². The van der Waals surface area contributed by atoms with Crippen molar-refractivity contribution >= 4 is 39.5 Å². The van der Waals surface area contributed by atoms with Gasteiger partial charge in [0.2, 0.25) is 0 Å². The molecule has 0 saturated heterocycles. The first-order valence-electron chi connectivity index (χ1n) is 39.6. The Bertz CT molecular complexity index is 1920. The van der Waals surface area contributed by atoms with Gasteiger partial charge in [-0.3, -0.25) is 37.3 Å². The quantitative estimate of drug-likeness (QED) is 0.0169. The standard InChI is InChI=1S/C77H146O17P2/c1-5-9-13-17-21-25-29-32-35-37-40-44-48-52-56-60-64-77(82)94-73(68-88-75(80)62-58-54-50-46-42-39-36-33-30-26-22-18-14-10-6-2)70-92-96(85,86)90-66-71(78)65-89-95(83,84)91-69-72(67-87-74(79)61-57-53-49-45-41-28-24-20-16-12-8-4)93-76(81)63-59-55-51-47-43-38-34-31-27-23-19-15-11-7-3/h26,30,33,36,71-73,78H,5-25,27-29,31-32,34-35,37-70H2,1-4H3,(H,83,84)(H,85,86)/b30-26-,36-33-/t71-,72+,73+/m0/s1. The van der Waals surface area contributed by atoms with E-state index in [2.05, 4.69) is 52.0 Å². The van der Waals surface area contributed by atoms with Crippen LogP contribution in [0.25, 0.3) is 0 Å². The lowest BCUT2D eigenvalue weighted by atomic mass is 10.0. The molecule has 0 amide bonds. The van der Waals surface area contributed by atoms with Gasteiger partial charge in [0.25, 0.3) is 0 Å². The molecule has 5 atom stereocenters. The Morgan fingerprint density at radius 2 is 0.500 bits per heavy atom. The third-order valence-corrected chi connectivity index (χ3v) is 19.4. The van der Waals surface area contributed by atoms with Gasteiger partial charge >= 0.3 is 39.5 Å². The Morgan fingerprint density at radius 3 is 0.760 bits per heavy atom. The molecule has 0 aromatic rings. The fourth-order valence-corrected chi connectivity index (χ4v) is 13.0. The van der Waals surface area contributed by atoms with Crippen molar-refractivity contribution < 1.29 is 80.2 Å². The summed E-state index contributed by atoms with van der Waals surface area (Å²) >= 11 is 0. The second-order valence-electron chi connectivity index (χ2n) is 27.1. The summed E-state index contributed by atoms with van der Waals surface area (Å²) in [5.41, 5.74) is 0. The number of phosphoric ester groups is 2.